The van der Waals surface area contributed by atoms with Gasteiger partial charge in [0.2, 0.25) is 5.91 Å². The first-order valence-corrected chi connectivity index (χ1v) is 11.4. The Labute approximate surface area is 195 Å². The lowest BCUT2D eigenvalue weighted by molar-refractivity contribution is -0.138. The summed E-state index contributed by atoms with van der Waals surface area (Å²) in [5, 5.41) is 5.40. The number of ether oxygens (including phenoxy) is 1. The van der Waals surface area contributed by atoms with Crippen molar-refractivity contribution in [2.75, 3.05) is 36.5 Å². The van der Waals surface area contributed by atoms with Gasteiger partial charge in [0.15, 0.2) is 0 Å². The Kier molecular flexibility index (Phi) is 5.61. The molecule has 4 heterocycles. The van der Waals surface area contributed by atoms with Gasteiger partial charge in [-0.25, -0.2) is 9.97 Å². The van der Waals surface area contributed by atoms with Crippen molar-refractivity contribution in [2.45, 2.75) is 18.4 Å². The lowest BCUT2D eigenvalue weighted by Crippen LogP contribution is -2.68. The molecule has 0 spiro atoms. The molecule has 0 saturated carbocycles. The molecule has 2 aliphatic heterocycles. The van der Waals surface area contributed by atoms with Crippen LogP contribution in [-0.4, -0.2) is 52.7 Å². The molecule has 2 atom stereocenters. The van der Waals surface area contributed by atoms with Crippen molar-refractivity contribution in [3.8, 4) is 0 Å². The molecular weight excluding hydrogens is 451 g/mol. The first-order chi connectivity index (χ1) is 15.5. The van der Waals surface area contributed by atoms with Crippen molar-refractivity contribution in [3.63, 3.8) is 0 Å². The van der Waals surface area contributed by atoms with Gasteiger partial charge in [-0.1, -0.05) is 23.2 Å². The molecule has 4 N–H and O–H groups in total. The van der Waals surface area contributed by atoms with Crippen molar-refractivity contribution in [3.05, 3.63) is 46.8 Å². The minimum atomic E-state index is -1.00. The quantitative estimate of drug-likeness (QED) is 0.504. The maximum absolute atomic E-state index is 13.1. The maximum Gasteiger partial charge on any atom is 0.243 e. The normalized spacial score (nSPS) is 21.2. The summed E-state index contributed by atoms with van der Waals surface area (Å²) in [4.78, 5) is 27.3. The average molecular weight is 475 g/mol. The lowest BCUT2D eigenvalue weighted by atomic mass is 9.68. The number of H-pyrrole nitrogens is 1. The van der Waals surface area contributed by atoms with E-state index in [-0.39, 0.29) is 11.8 Å². The molecule has 2 aliphatic rings. The maximum atomic E-state index is 13.1. The van der Waals surface area contributed by atoms with Crippen molar-refractivity contribution in [2.24, 2.45) is 17.6 Å². The van der Waals surface area contributed by atoms with Gasteiger partial charge in [0.05, 0.1) is 18.6 Å². The number of amides is 1. The standard InChI is InChI=1S/C22H24Cl2N6O2/c23-15-6-16(24)8-17(7-15)29-22(21(25)31,14-10-32-11-14)13-2-1-5-30(9-13)20-18-3-4-26-19(18)27-12-28-20/h3-4,6-8,12-14,29H,1-2,5,9-11H2,(H2,25,31)(H,26,27,28)/t13-,22?/m1/s1. The molecule has 2 aromatic heterocycles. The van der Waals surface area contributed by atoms with E-state index in [2.05, 4.69) is 25.2 Å². The number of benzene rings is 1. The fourth-order valence-corrected chi connectivity index (χ4v) is 5.54. The van der Waals surface area contributed by atoms with Crippen LogP contribution in [0, 0.1) is 11.8 Å². The molecule has 5 rings (SSSR count). The van der Waals surface area contributed by atoms with Crippen molar-refractivity contribution < 1.29 is 9.53 Å². The highest BCUT2D eigenvalue weighted by atomic mass is 35.5. The molecule has 0 bridgehead atoms. The predicted octanol–water partition coefficient (Wildman–Crippen LogP) is 3.46. The van der Waals surface area contributed by atoms with Gasteiger partial charge in [0, 0.05) is 46.9 Å². The van der Waals surface area contributed by atoms with Crippen LogP contribution in [0.4, 0.5) is 11.5 Å². The van der Waals surface area contributed by atoms with Gasteiger partial charge >= 0.3 is 0 Å². The molecule has 168 valence electrons. The van der Waals surface area contributed by atoms with Crippen LogP contribution in [0.1, 0.15) is 12.8 Å². The Morgan fingerprint density at radius 1 is 1.22 bits per heavy atom. The number of primary amides is 1. The zero-order chi connectivity index (χ0) is 22.3. The summed E-state index contributed by atoms with van der Waals surface area (Å²) < 4.78 is 5.49. The van der Waals surface area contributed by atoms with Gasteiger partial charge in [0.25, 0.3) is 0 Å². The molecule has 1 unspecified atom stereocenters. The Balaban J connectivity index is 1.52. The van der Waals surface area contributed by atoms with E-state index in [0.29, 0.717) is 35.5 Å². The fourth-order valence-electron chi connectivity index (χ4n) is 5.02. The number of aromatic amines is 1. The minimum Gasteiger partial charge on any atom is -0.380 e. The third kappa shape index (κ3) is 3.66. The second-order valence-corrected chi connectivity index (χ2v) is 9.35. The average Bonchev–Trinajstić information content (AvgIpc) is 3.20. The zero-order valence-electron chi connectivity index (χ0n) is 17.4. The number of nitrogens with two attached hydrogens (primary N) is 1. The molecular formula is C22H24Cl2N6O2. The number of rotatable bonds is 6. The van der Waals surface area contributed by atoms with E-state index in [9.17, 15) is 4.79 Å². The number of anilines is 2. The first-order valence-electron chi connectivity index (χ1n) is 10.6. The Bertz CT molecular complexity index is 1130. The summed E-state index contributed by atoms with van der Waals surface area (Å²) in [6, 6.07) is 7.16. The van der Waals surface area contributed by atoms with E-state index in [4.69, 9.17) is 33.7 Å². The molecule has 1 aromatic carbocycles. The highest BCUT2D eigenvalue weighted by Gasteiger charge is 2.54. The number of fused-ring (bicyclic) bond motifs is 1. The summed E-state index contributed by atoms with van der Waals surface area (Å²) >= 11 is 12.5. The summed E-state index contributed by atoms with van der Waals surface area (Å²) in [6.07, 6.45) is 5.17. The summed E-state index contributed by atoms with van der Waals surface area (Å²) in [6.45, 7) is 2.40. The van der Waals surface area contributed by atoms with E-state index in [1.54, 1.807) is 24.5 Å². The molecule has 2 saturated heterocycles. The van der Waals surface area contributed by atoms with E-state index in [1.807, 2.05) is 12.3 Å². The number of piperidine rings is 1. The van der Waals surface area contributed by atoms with Gasteiger partial charge in [0.1, 0.15) is 23.3 Å². The van der Waals surface area contributed by atoms with Crippen LogP contribution in [-0.2, 0) is 9.53 Å². The Morgan fingerprint density at radius 2 is 2.00 bits per heavy atom. The van der Waals surface area contributed by atoms with Crippen LogP contribution in [0.15, 0.2) is 36.8 Å². The van der Waals surface area contributed by atoms with Gasteiger partial charge in [-0.2, -0.15) is 0 Å². The number of nitrogens with zero attached hydrogens (tertiary/aromatic N) is 3. The van der Waals surface area contributed by atoms with Gasteiger partial charge in [-0.3, -0.25) is 4.79 Å². The van der Waals surface area contributed by atoms with Gasteiger partial charge < -0.3 is 25.7 Å². The largest absolute Gasteiger partial charge is 0.380 e. The smallest absolute Gasteiger partial charge is 0.243 e. The van der Waals surface area contributed by atoms with Gasteiger partial charge in [-0.05, 0) is 37.1 Å². The van der Waals surface area contributed by atoms with E-state index >= 15 is 0 Å². The predicted molar refractivity (Wildman–Crippen MR) is 125 cm³/mol. The minimum absolute atomic E-state index is 0.0552. The second-order valence-electron chi connectivity index (χ2n) is 8.47. The number of carbonyl (C=O) groups excluding carboxylic acids is 1. The van der Waals surface area contributed by atoms with Crippen LogP contribution in [0.25, 0.3) is 11.0 Å². The molecule has 8 nitrogen and oxygen atoms in total. The molecule has 2 fully saturated rings. The fraction of sp³-hybridized carbons (Fsp3) is 0.409. The number of halogens is 2. The molecule has 10 heteroatoms. The molecule has 32 heavy (non-hydrogen) atoms. The van der Waals surface area contributed by atoms with E-state index in [1.165, 1.54) is 0 Å². The highest BCUT2D eigenvalue weighted by molar-refractivity contribution is 6.35. The van der Waals surface area contributed by atoms with Crippen LogP contribution >= 0.6 is 23.2 Å². The van der Waals surface area contributed by atoms with Crippen molar-refractivity contribution >= 4 is 51.6 Å². The summed E-state index contributed by atoms with van der Waals surface area (Å²) in [7, 11) is 0. The number of nitrogens with one attached hydrogen (secondary N) is 2. The van der Waals surface area contributed by atoms with Crippen molar-refractivity contribution in [1.29, 1.82) is 0 Å². The molecule has 0 radical (unpaired) electrons. The summed E-state index contributed by atoms with van der Waals surface area (Å²) in [5.74, 6) is 0.336. The van der Waals surface area contributed by atoms with E-state index < -0.39 is 11.4 Å². The highest BCUT2D eigenvalue weighted by Crippen LogP contribution is 2.41. The third-order valence-electron chi connectivity index (χ3n) is 6.60. The second kappa shape index (κ2) is 8.42. The Morgan fingerprint density at radius 3 is 2.69 bits per heavy atom. The van der Waals surface area contributed by atoms with Gasteiger partial charge in [-0.15, -0.1) is 0 Å². The number of aromatic nitrogens is 3. The summed E-state index contributed by atoms with van der Waals surface area (Å²) in [5.41, 5.74) is 6.57. The monoisotopic (exact) mass is 474 g/mol. The van der Waals surface area contributed by atoms with Crippen LogP contribution < -0.4 is 16.0 Å². The molecule has 3 aromatic rings. The molecule has 0 aliphatic carbocycles. The van der Waals surface area contributed by atoms with Crippen molar-refractivity contribution in [1.82, 2.24) is 15.0 Å². The number of carbonyl (C=O) groups is 1. The van der Waals surface area contributed by atoms with Crippen LogP contribution in [0.5, 0.6) is 0 Å². The molecule has 1 amide bonds. The zero-order valence-corrected chi connectivity index (χ0v) is 18.9. The SMILES string of the molecule is NC(=O)C(Nc1cc(Cl)cc(Cl)c1)(C1COC1)[C@@H]1CCCN(c2ncnc3[nH]ccc23)C1. The number of hydrogen-bond donors (Lipinski definition) is 3. The Hall–Kier alpha value is -2.55. The van der Waals surface area contributed by atoms with Crippen LogP contribution in [0.2, 0.25) is 10.0 Å². The van der Waals surface area contributed by atoms with Crippen LogP contribution in [0.3, 0.4) is 0 Å². The topological polar surface area (TPSA) is 109 Å². The first kappa shape index (κ1) is 21.3. The lowest BCUT2D eigenvalue weighted by Gasteiger charge is -2.51. The third-order valence-corrected chi connectivity index (χ3v) is 7.04. The number of hydrogen-bond acceptors (Lipinski definition) is 6. The van der Waals surface area contributed by atoms with E-state index in [0.717, 1.165) is 36.2 Å².